The van der Waals surface area contributed by atoms with Crippen LogP contribution in [0, 0.1) is 0 Å². The Morgan fingerprint density at radius 2 is 1.89 bits per heavy atom. The molecule has 0 saturated heterocycles. The van der Waals surface area contributed by atoms with Crippen molar-refractivity contribution in [1.29, 1.82) is 0 Å². The number of nitrogens with one attached hydrogen (secondary N) is 1. The number of nitrogens with zero attached hydrogens (tertiary/aromatic N) is 1. The summed E-state index contributed by atoms with van der Waals surface area (Å²) in [6, 6.07) is 5.74. The highest BCUT2D eigenvalue weighted by atomic mass is 79.9. The molecule has 1 N–H and O–H groups in total. The fourth-order valence-electron chi connectivity index (χ4n) is 2.43. The van der Waals surface area contributed by atoms with E-state index in [1.807, 2.05) is 18.2 Å². The highest BCUT2D eigenvalue weighted by Gasteiger charge is 2.36. The summed E-state index contributed by atoms with van der Waals surface area (Å²) >= 11 is 2.99. The van der Waals surface area contributed by atoms with E-state index < -0.39 is 11.9 Å². The lowest BCUT2D eigenvalue weighted by Gasteiger charge is -2.05. The van der Waals surface area contributed by atoms with E-state index in [0.29, 0.717) is 11.3 Å². The fraction of sp³-hybridized carbons (Fsp3) is 0.308. The third-order valence-corrected chi connectivity index (χ3v) is 4.13. The van der Waals surface area contributed by atoms with E-state index in [-0.39, 0.29) is 4.47 Å². The van der Waals surface area contributed by atoms with Gasteiger partial charge in [0.05, 0.1) is 4.47 Å². The van der Waals surface area contributed by atoms with Crippen molar-refractivity contribution in [2.75, 3.05) is 0 Å². The van der Waals surface area contributed by atoms with Crippen molar-refractivity contribution in [1.82, 2.24) is 10.2 Å². The Morgan fingerprint density at radius 1 is 1.16 bits per heavy atom. The summed E-state index contributed by atoms with van der Waals surface area (Å²) in [5.74, 6) is 0. The molecule has 2 aromatic rings. The standard InChI is InChI=1S/C13H10BrF3N2/c14-10-11(18-19-12(10)13(15,16)17)9-5-4-7-2-1-3-8(7)6-9/h4-6H,1-3H2,(H,18,19). The molecule has 0 saturated carbocycles. The monoisotopic (exact) mass is 330 g/mol. The molecule has 0 atom stereocenters. The number of aromatic amines is 1. The first-order valence-corrected chi connectivity index (χ1v) is 6.69. The molecule has 1 aliphatic carbocycles. The molecule has 1 heterocycles. The molecular formula is C13H10BrF3N2. The molecule has 2 nitrogen and oxygen atoms in total. The van der Waals surface area contributed by atoms with Crippen LogP contribution in [-0.4, -0.2) is 10.2 Å². The Balaban J connectivity index is 2.06. The molecule has 19 heavy (non-hydrogen) atoms. The minimum absolute atomic E-state index is 0.0297. The van der Waals surface area contributed by atoms with Gasteiger partial charge in [0.25, 0.3) is 0 Å². The largest absolute Gasteiger partial charge is 0.433 e. The number of hydrogen-bond acceptors (Lipinski definition) is 1. The van der Waals surface area contributed by atoms with Crippen molar-refractivity contribution in [3.63, 3.8) is 0 Å². The first kappa shape index (κ1) is 12.7. The highest BCUT2D eigenvalue weighted by Crippen LogP contribution is 2.39. The van der Waals surface area contributed by atoms with Crippen molar-refractivity contribution in [2.45, 2.75) is 25.4 Å². The number of aromatic nitrogens is 2. The summed E-state index contributed by atoms with van der Waals surface area (Å²) < 4.78 is 38.1. The van der Waals surface area contributed by atoms with Crippen molar-refractivity contribution in [3.8, 4) is 11.3 Å². The maximum Gasteiger partial charge on any atom is 0.433 e. The molecule has 0 fully saturated rings. The summed E-state index contributed by atoms with van der Waals surface area (Å²) in [5, 5.41) is 5.84. The van der Waals surface area contributed by atoms with Gasteiger partial charge in [-0.2, -0.15) is 18.3 Å². The molecule has 100 valence electrons. The van der Waals surface area contributed by atoms with Crippen molar-refractivity contribution in [3.05, 3.63) is 39.5 Å². The Kier molecular flexibility index (Phi) is 2.92. The van der Waals surface area contributed by atoms with Gasteiger partial charge < -0.3 is 0 Å². The summed E-state index contributed by atoms with van der Waals surface area (Å²) in [4.78, 5) is 0. The number of aryl methyl sites for hydroxylation is 2. The van der Waals surface area contributed by atoms with Gasteiger partial charge in [0.15, 0.2) is 5.69 Å². The molecule has 1 aromatic heterocycles. The molecule has 0 bridgehead atoms. The second-order valence-corrected chi connectivity index (χ2v) is 5.39. The van der Waals surface area contributed by atoms with E-state index in [1.54, 1.807) is 0 Å². The van der Waals surface area contributed by atoms with Gasteiger partial charge in [0, 0.05) is 5.56 Å². The quantitative estimate of drug-likeness (QED) is 0.827. The predicted molar refractivity (Wildman–Crippen MR) is 68.8 cm³/mol. The molecule has 6 heteroatoms. The lowest BCUT2D eigenvalue weighted by Crippen LogP contribution is -2.06. The number of hydrogen-bond donors (Lipinski definition) is 1. The van der Waals surface area contributed by atoms with E-state index in [0.717, 1.165) is 19.3 Å². The number of benzene rings is 1. The summed E-state index contributed by atoms with van der Waals surface area (Å²) in [6.45, 7) is 0. The zero-order chi connectivity index (χ0) is 13.6. The lowest BCUT2D eigenvalue weighted by atomic mass is 10.0. The Labute approximate surface area is 116 Å². The fourth-order valence-corrected chi connectivity index (χ4v) is 3.06. The van der Waals surface area contributed by atoms with Gasteiger partial charge in [-0.3, -0.25) is 5.10 Å². The van der Waals surface area contributed by atoms with Crippen LogP contribution in [0.15, 0.2) is 22.7 Å². The average Bonchev–Trinajstić information content (AvgIpc) is 2.92. The number of H-pyrrole nitrogens is 1. The summed E-state index contributed by atoms with van der Waals surface area (Å²) in [5.41, 5.74) is 2.66. The van der Waals surface area contributed by atoms with Crippen LogP contribution in [0.3, 0.4) is 0 Å². The van der Waals surface area contributed by atoms with E-state index in [2.05, 4.69) is 26.1 Å². The number of alkyl halides is 3. The maximum absolute atomic E-state index is 12.7. The van der Waals surface area contributed by atoms with Gasteiger partial charge in [-0.1, -0.05) is 12.1 Å². The molecule has 1 aromatic carbocycles. The Morgan fingerprint density at radius 3 is 2.58 bits per heavy atom. The molecule has 0 unspecified atom stereocenters. The van der Waals surface area contributed by atoms with E-state index in [9.17, 15) is 13.2 Å². The topological polar surface area (TPSA) is 28.7 Å². The molecule has 0 aliphatic heterocycles. The van der Waals surface area contributed by atoms with Crippen LogP contribution in [0.4, 0.5) is 13.2 Å². The van der Waals surface area contributed by atoms with Crippen LogP contribution >= 0.6 is 15.9 Å². The van der Waals surface area contributed by atoms with E-state index in [4.69, 9.17) is 0 Å². The smallest absolute Gasteiger partial charge is 0.272 e. The number of fused-ring (bicyclic) bond motifs is 1. The van der Waals surface area contributed by atoms with Crippen molar-refractivity contribution in [2.24, 2.45) is 0 Å². The molecule has 0 amide bonds. The SMILES string of the molecule is FC(F)(F)c1[nH]nc(-c2ccc3c(c2)CCC3)c1Br. The van der Waals surface area contributed by atoms with Crippen LogP contribution in [0.5, 0.6) is 0 Å². The maximum atomic E-state index is 12.7. The minimum atomic E-state index is -4.43. The second-order valence-electron chi connectivity index (χ2n) is 4.60. The third kappa shape index (κ3) is 2.18. The first-order chi connectivity index (χ1) is 8.97. The molecule has 3 rings (SSSR count). The molecular weight excluding hydrogens is 321 g/mol. The van der Waals surface area contributed by atoms with Crippen LogP contribution < -0.4 is 0 Å². The summed E-state index contributed by atoms with van der Waals surface area (Å²) in [6.07, 6.45) is -1.29. The van der Waals surface area contributed by atoms with Gasteiger partial charge in [-0.25, -0.2) is 0 Å². The lowest BCUT2D eigenvalue weighted by molar-refractivity contribution is -0.141. The van der Waals surface area contributed by atoms with Gasteiger partial charge >= 0.3 is 6.18 Å². The molecule has 0 radical (unpaired) electrons. The normalized spacial score (nSPS) is 14.7. The Bertz CT molecular complexity index is 631. The third-order valence-electron chi connectivity index (χ3n) is 3.36. The zero-order valence-corrected chi connectivity index (χ0v) is 11.4. The first-order valence-electron chi connectivity index (χ1n) is 5.90. The Hall–Kier alpha value is -1.30. The van der Waals surface area contributed by atoms with Crippen LogP contribution in [-0.2, 0) is 19.0 Å². The zero-order valence-electron chi connectivity index (χ0n) is 9.81. The second kappa shape index (κ2) is 4.37. The van der Waals surface area contributed by atoms with Crippen LogP contribution in [0.2, 0.25) is 0 Å². The van der Waals surface area contributed by atoms with Crippen LogP contribution in [0.1, 0.15) is 23.2 Å². The van der Waals surface area contributed by atoms with Gasteiger partial charge in [0.2, 0.25) is 0 Å². The molecule has 1 aliphatic rings. The minimum Gasteiger partial charge on any atom is -0.272 e. The van der Waals surface area contributed by atoms with Crippen molar-refractivity contribution < 1.29 is 13.2 Å². The van der Waals surface area contributed by atoms with Crippen molar-refractivity contribution >= 4 is 15.9 Å². The predicted octanol–water partition coefficient (Wildman–Crippen LogP) is 4.35. The van der Waals surface area contributed by atoms with E-state index >= 15 is 0 Å². The number of halogens is 4. The van der Waals surface area contributed by atoms with Gasteiger partial charge in [-0.05, 0) is 52.4 Å². The average molecular weight is 331 g/mol. The van der Waals surface area contributed by atoms with Gasteiger partial charge in [-0.15, -0.1) is 0 Å². The van der Waals surface area contributed by atoms with E-state index in [1.165, 1.54) is 11.1 Å². The summed E-state index contributed by atoms with van der Waals surface area (Å²) in [7, 11) is 0. The highest BCUT2D eigenvalue weighted by molar-refractivity contribution is 9.10. The van der Waals surface area contributed by atoms with Crippen LogP contribution in [0.25, 0.3) is 11.3 Å². The number of rotatable bonds is 1. The molecule has 0 spiro atoms. The van der Waals surface area contributed by atoms with Gasteiger partial charge in [0.1, 0.15) is 5.69 Å².